The number of rotatable bonds is 5. The Bertz CT molecular complexity index is 959. The van der Waals surface area contributed by atoms with Crippen LogP contribution in [0.25, 0.3) is 0 Å². The standard InChI is InChI=1S/C21H22N6O2/c1-15-13-19(29-17-5-3-2-4-6-17)26-21(24-15)25-16-7-11-27(12-8-16)20(28)18-14-22-9-10-23-18/h2-6,9-10,13-14,16H,7-8,11-12H2,1H3,(H,24,25,26). The number of likely N-dealkylation sites (tertiary alicyclic amines) is 1. The number of anilines is 1. The Morgan fingerprint density at radius 3 is 2.66 bits per heavy atom. The van der Waals surface area contributed by atoms with E-state index in [0.29, 0.717) is 30.6 Å². The van der Waals surface area contributed by atoms with Crippen LogP contribution in [0.1, 0.15) is 29.0 Å². The van der Waals surface area contributed by atoms with Crippen LogP contribution in [-0.4, -0.2) is 49.9 Å². The van der Waals surface area contributed by atoms with Crippen LogP contribution in [0.3, 0.4) is 0 Å². The molecule has 0 aliphatic carbocycles. The van der Waals surface area contributed by atoms with Gasteiger partial charge >= 0.3 is 0 Å². The van der Waals surface area contributed by atoms with Crippen LogP contribution in [0.4, 0.5) is 5.95 Å². The molecule has 0 spiro atoms. The van der Waals surface area contributed by atoms with Crippen LogP contribution in [0, 0.1) is 6.92 Å². The van der Waals surface area contributed by atoms with E-state index in [1.807, 2.05) is 42.2 Å². The normalized spacial score (nSPS) is 14.4. The van der Waals surface area contributed by atoms with E-state index >= 15 is 0 Å². The fourth-order valence-corrected chi connectivity index (χ4v) is 3.25. The number of hydrogen-bond donors (Lipinski definition) is 1. The molecule has 29 heavy (non-hydrogen) atoms. The Morgan fingerprint density at radius 2 is 1.93 bits per heavy atom. The number of aromatic nitrogens is 4. The second kappa shape index (κ2) is 8.64. The lowest BCUT2D eigenvalue weighted by molar-refractivity contribution is 0.0712. The van der Waals surface area contributed by atoms with Crippen molar-refractivity contribution >= 4 is 11.9 Å². The van der Waals surface area contributed by atoms with E-state index in [1.165, 1.54) is 12.4 Å². The van der Waals surface area contributed by atoms with Crippen LogP contribution in [-0.2, 0) is 0 Å². The largest absolute Gasteiger partial charge is 0.439 e. The number of hydrogen-bond acceptors (Lipinski definition) is 7. The van der Waals surface area contributed by atoms with Gasteiger partial charge in [0, 0.05) is 43.3 Å². The first-order valence-corrected chi connectivity index (χ1v) is 9.58. The summed E-state index contributed by atoms with van der Waals surface area (Å²) >= 11 is 0. The Hall–Kier alpha value is -3.55. The van der Waals surface area contributed by atoms with Crippen molar-refractivity contribution in [3.63, 3.8) is 0 Å². The molecule has 1 aliphatic heterocycles. The van der Waals surface area contributed by atoms with Crippen molar-refractivity contribution in [1.29, 1.82) is 0 Å². The zero-order valence-corrected chi connectivity index (χ0v) is 16.2. The zero-order chi connectivity index (χ0) is 20.1. The number of aryl methyl sites for hydroxylation is 1. The molecule has 8 nitrogen and oxygen atoms in total. The molecule has 2 aromatic heterocycles. The van der Waals surface area contributed by atoms with Gasteiger partial charge in [0.25, 0.3) is 5.91 Å². The van der Waals surface area contributed by atoms with Crippen LogP contribution < -0.4 is 10.1 Å². The van der Waals surface area contributed by atoms with Crippen LogP contribution in [0.2, 0.25) is 0 Å². The summed E-state index contributed by atoms with van der Waals surface area (Å²) in [5.41, 5.74) is 1.20. The van der Waals surface area contributed by atoms with Gasteiger partial charge in [-0.1, -0.05) is 18.2 Å². The van der Waals surface area contributed by atoms with Gasteiger partial charge in [0.2, 0.25) is 11.8 Å². The van der Waals surface area contributed by atoms with Gasteiger partial charge in [-0.2, -0.15) is 4.98 Å². The third-order valence-corrected chi connectivity index (χ3v) is 4.69. The predicted molar refractivity (Wildman–Crippen MR) is 108 cm³/mol. The van der Waals surface area contributed by atoms with Gasteiger partial charge in [-0.25, -0.2) is 9.97 Å². The minimum Gasteiger partial charge on any atom is -0.439 e. The summed E-state index contributed by atoms with van der Waals surface area (Å²) in [5, 5.41) is 3.38. The number of carbonyl (C=O) groups is 1. The minimum atomic E-state index is -0.0816. The average Bonchev–Trinajstić information content (AvgIpc) is 2.75. The van der Waals surface area contributed by atoms with Crippen LogP contribution in [0.5, 0.6) is 11.6 Å². The van der Waals surface area contributed by atoms with E-state index in [2.05, 4.69) is 25.3 Å². The lowest BCUT2D eigenvalue weighted by atomic mass is 10.0. The third kappa shape index (κ3) is 4.84. The Balaban J connectivity index is 1.36. The Kier molecular flexibility index (Phi) is 5.60. The Labute approximate surface area is 169 Å². The summed E-state index contributed by atoms with van der Waals surface area (Å²) in [6, 6.07) is 11.5. The third-order valence-electron chi connectivity index (χ3n) is 4.69. The van der Waals surface area contributed by atoms with Crippen molar-refractivity contribution in [2.45, 2.75) is 25.8 Å². The molecule has 148 valence electrons. The molecule has 3 heterocycles. The molecule has 0 radical (unpaired) electrons. The second-order valence-electron chi connectivity index (χ2n) is 6.89. The minimum absolute atomic E-state index is 0.0816. The number of carbonyl (C=O) groups excluding carboxylic acids is 1. The number of piperidine rings is 1. The highest BCUT2D eigenvalue weighted by molar-refractivity contribution is 5.92. The summed E-state index contributed by atoms with van der Waals surface area (Å²) in [7, 11) is 0. The molecule has 4 rings (SSSR count). The first kappa shape index (κ1) is 18.8. The summed E-state index contributed by atoms with van der Waals surface area (Å²) < 4.78 is 5.83. The molecule has 1 N–H and O–H groups in total. The average molecular weight is 390 g/mol. The van der Waals surface area contributed by atoms with E-state index in [1.54, 1.807) is 12.3 Å². The number of ether oxygens (including phenoxy) is 1. The highest BCUT2D eigenvalue weighted by Crippen LogP contribution is 2.22. The highest BCUT2D eigenvalue weighted by Gasteiger charge is 2.25. The fourth-order valence-electron chi connectivity index (χ4n) is 3.25. The summed E-state index contributed by atoms with van der Waals surface area (Å²) in [6.45, 7) is 3.20. The topological polar surface area (TPSA) is 93.1 Å². The zero-order valence-electron chi connectivity index (χ0n) is 16.2. The monoisotopic (exact) mass is 390 g/mol. The number of nitrogens with one attached hydrogen (secondary N) is 1. The van der Waals surface area contributed by atoms with Crippen LogP contribution in [0.15, 0.2) is 55.0 Å². The van der Waals surface area contributed by atoms with Gasteiger partial charge in [0.15, 0.2) is 0 Å². The maximum atomic E-state index is 12.5. The molecular weight excluding hydrogens is 368 g/mol. The molecule has 1 aromatic carbocycles. The Morgan fingerprint density at radius 1 is 1.14 bits per heavy atom. The molecule has 1 aliphatic rings. The maximum Gasteiger partial charge on any atom is 0.274 e. The lowest BCUT2D eigenvalue weighted by Gasteiger charge is -2.32. The first-order chi connectivity index (χ1) is 14.2. The molecule has 1 fully saturated rings. The summed E-state index contributed by atoms with van der Waals surface area (Å²) in [4.78, 5) is 31.3. The van der Waals surface area contributed by atoms with Crippen molar-refractivity contribution in [1.82, 2.24) is 24.8 Å². The molecular formula is C21H22N6O2. The first-order valence-electron chi connectivity index (χ1n) is 9.58. The van der Waals surface area contributed by atoms with Crippen molar-refractivity contribution < 1.29 is 9.53 Å². The lowest BCUT2D eigenvalue weighted by Crippen LogP contribution is -2.42. The van der Waals surface area contributed by atoms with Crippen molar-refractivity contribution in [3.8, 4) is 11.6 Å². The van der Waals surface area contributed by atoms with E-state index in [0.717, 1.165) is 24.3 Å². The smallest absolute Gasteiger partial charge is 0.274 e. The van der Waals surface area contributed by atoms with Crippen molar-refractivity contribution in [2.24, 2.45) is 0 Å². The quantitative estimate of drug-likeness (QED) is 0.715. The molecule has 0 unspecified atom stereocenters. The fraction of sp³-hybridized carbons (Fsp3) is 0.286. The van der Waals surface area contributed by atoms with Crippen molar-refractivity contribution in [3.05, 3.63) is 66.4 Å². The predicted octanol–water partition coefficient (Wildman–Crippen LogP) is 3.08. The molecule has 1 amide bonds. The van der Waals surface area contributed by atoms with Gasteiger partial charge < -0.3 is 15.0 Å². The molecule has 3 aromatic rings. The summed E-state index contributed by atoms with van der Waals surface area (Å²) in [5.74, 6) is 1.69. The van der Waals surface area contributed by atoms with Gasteiger partial charge in [-0.3, -0.25) is 9.78 Å². The highest BCUT2D eigenvalue weighted by atomic mass is 16.5. The molecule has 0 atom stereocenters. The number of nitrogens with zero attached hydrogens (tertiary/aromatic N) is 5. The van der Waals surface area contributed by atoms with E-state index in [-0.39, 0.29) is 11.9 Å². The molecule has 0 saturated carbocycles. The van der Waals surface area contributed by atoms with E-state index < -0.39 is 0 Å². The summed E-state index contributed by atoms with van der Waals surface area (Å²) in [6.07, 6.45) is 6.20. The van der Waals surface area contributed by atoms with Crippen molar-refractivity contribution in [2.75, 3.05) is 18.4 Å². The van der Waals surface area contributed by atoms with E-state index in [9.17, 15) is 4.79 Å². The van der Waals surface area contributed by atoms with Gasteiger partial charge in [-0.15, -0.1) is 0 Å². The number of para-hydroxylation sites is 1. The number of amides is 1. The van der Waals surface area contributed by atoms with Crippen LogP contribution >= 0.6 is 0 Å². The number of benzene rings is 1. The second-order valence-corrected chi connectivity index (χ2v) is 6.89. The maximum absolute atomic E-state index is 12.5. The SMILES string of the molecule is Cc1cc(Oc2ccccc2)nc(NC2CCN(C(=O)c3cnccn3)CC2)n1. The van der Waals surface area contributed by atoms with Gasteiger partial charge in [-0.05, 0) is 31.9 Å². The van der Waals surface area contributed by atoms with Gasteiger partial charge in [0.05, 0.1) is 6.20 Å². The van der Waals surface area contributed by atoms with E-state index in [4.69, 9.17) is 4.74 Å². The molecule has 8 heteroatoms. The molecule has 0 bridgehead atoms. The van der Waals surface area contributed by atoms with Gasteiger partial charge in [0.1, 0.15) is 11.4 Å². The molecule has 1 saturated heterocycles.